The third-order valence-corrected chi connectivity index (χ3v) is 4.25. The monoisotopic (exact) mass is 334 g/mol. The van der Waals surface area contributed by atoms with E-state index in [1.54, 1.807) is 13.4 Å². The van der Waals surface area contributed by atoms with Gasteiger partial charge in [0.25, 0.3) is 0 Å². The van der Waals surface area contributed by atoms with Crippen LogP contribution in [-0.2, 0) is 13.2 Å². The highest BCUT2D eigenvalue weighted by atomic mass is 16.5. The molecule has 5 nitrogen and oxygen atoms in total. The Morgan fingerprint density at radius 3 is 2.64 bits per heavy atom. The SMILES string of the molecule is COc1cc(-c2ccco2)c2c(CO)nn(Cc3ccccc3)c2c1. The van der Waals surface area contributed by atoms with Gasteiger partial charge in [-0.25, -0.2) is 0 Å². The van der Waals surface area contributed by atoms with Gasteiger partial charge in [-0.2, -0.15) is 5.10 Å². The molecule has 2 aromatic carbocycles. The topological polar surface area (TPSA) is 60.4 Å². The van der Waals surface area contributed by atoms with Gasteiger partial charge in [0.05, 0.1) is 37.7 Å². The Morgan fingerprint density at radius 1 is 1.12 bits per heavy atom. The third kappa shape index (κ3) is 2.79. The van der Waals surface area contributed by atoms with Crippen molar-refractivity contribution in [2.75, 3.05) is 7.11 Å². The Kier molecular flexibility index (Phi) is 3.99. The number of fused-ring (bicyclic) bond motifs is 1. The highest BCUT2D eigenvalue weighted by Crippen LogP contribution is 2.35. The summed E-state index contributed by atoms with van der Waals surface area (Å²) in [6, 6.07) is 17.7. The van der Waals surface area contributed by atoms with E-state index in [-0.39, 0.29) is 6.61 Å². The Morgan fingerprint density at radius 2 is 1.96 bits per heavy atom. The number of nitrogens with zero attached hydrogens (tertiary/aromatic N) is 2. The molecule has 0 saturated heterocycles. The number of hydrogen-bond acceptors (Lipinski definition) is 4. The smallest absolute Gasteiger partial charge is 0.134 e. The zero-order valence-electron chi connectivity index (χ0n) is 13.8. The van der Waals surface area contributed by atoms with E-state index >= 15 is 0 Å². The van der Waals surface area contributed by atoms with Crippen molar-refractivity contribution in [3.05, 3.63) is 72.1 Å². The van der Waals surface area contributed by atoms with Crippen LogP contribution in [0.1, 0.15) is 11.3 Å². The first-order chi connectivity index (χ1) is 12.3. The predicted molar refractivity (Wildman–Crippen MR) is 95.5 cm³/mol. The normalized spacial score (nSPS) is 11.1. The maximum Gasteiger partial charge on any atom is 0.134 e. The molecule has 1 N–H and O–H groups in total. The molecule has 0 unspecified atom stereocenters. The first-order valence-corrected chi connectivity index (χ1v) is 8.06. The maximum atomic E-state index is 9.83. The van der Waals surface area contributed by atoms with E-state index in [0.29, 0.717) is 12.2 Å². The first kappa shape index (κ1) is 15.5. The lowest BCUT2D eigenvalue weighted by Gasteiger charge is -2.08. The van der Waals surface area contributed by atoms with Gasteiger partial charge in [0.15, 0.2) is 0 Å². The van der Waals surface area contributed by atoms with Crippen LogP contribution in [0.5, 0.6) is 5.75 Å². The van der Waals surface area contributed by atoms with E-state index in [2.05, 4.69) is 17.2 Å². The molecule has 0 radical (unpaired) electrons. The average molecular weight is 334 g/mol. The van der Waals surface area contributed by atoms with Gasteiger partial charge in [-0.05, 0) is 23.8 Å². The molecule has 0 aliphatic heterocycles. The second-order valence-electron chi connectivity index (χ2n) is 5.79. The van der Waals surface area contributed by atoms with Gasteiger partial charge in [-0.15, -0.1) is 0 Å². The highest BCUT2D eigenvalue weighted by molar-refractivity contribution is 5.97. The quantitative estimate of drug-likeness (QED) is 0.602. The fraction of sp³-hybridized carbons (Fsp3) is 0.150. The summed E-state index contributed by atoms with van der Waals surface area (Å²) < 4.78 is 12.9. The van der Waals surface area contributed by atoms with Crippen molar-refractivity contribution in [1.29, 1.82) is 0 Å². The van der Waals surface area contributed by atoms with Crippen molar-refractivity contribution in [2.24, 2.45) is 0 Å². The van der Waals surface area contributed by atoms with Gasteiger partial charge in [0.1, 0.15) is 11.5 Å². The molecule has 0 saturated carbocycles. The number of hydrogen-bond donors (Lipinski definition) is 1. The average Bonchev–Trinajstić information content (AvgIpc) is 3.30. The number of methoxy groups -OCH3 is 1. The fourth-order valence-electron chi connectivity index (χ4n) is 3.09. The zero-order chi connectivity index (χ0) is 17.2. The highest BCUT2D eigenvalue weighted by Gasteiger charge is 2.18. The molecule has 0 spiro atoms. The summed E-state index contributed by atoms with van der Waals surface area (Å²) in [5.74, 6) is 1.44. The number of rotatable bonds is 5. The van der Waals surface area contributed by atoms with Crippen LogP contribution < -0.4 is 4.74 Å². The van der Waals surface area contributed by atoms with Crippen LogP contribution in [0, 0.1) is 0 Å². The lowest BCUT2D eigenvalue weighted by Crippen LogP contribution is -2.02. The second kappa shape index (κ2) is 6.45. The van der Waals surface area contributed by atoms with E-state index in [4.69, 9.17) is 9.15 Å². The van der Waals surface area contributed by atoms with E-state index in [9.17, 15) is 5.11 Å². The molecule has 0 aliphatic carbocycles. The summed E-state index contributed by atoms with van der Waals surface area (Å²) in [5, 5.41) is 15.3. The molecule has 0 atom stereocenters. The standard InChI is InChI=1S/C20H18N2O3/c1-24-15-10-16(19-8-5-9-25-19)20-17(13-23)21-22(18(20)11-15)12-14-6-3-2-4-7-14/h2-11,23H,12-13H2,1H3. The summed E-state index contributed by atoms with van der Waals surface area (Å²) in [6.07, 6.45) is 1.63. The molecular weight excluding hydrogens is 316 g/mol. The summed E-state index contributed by atoms with van der Waals surface area (Å²) in [4.78, 5) is 0. The van der Waals surface area contributed by atoms with Gasteiger partial charge >= 0.3 is 0 Å². The van der Waals surface area contributed by atoms with E-state index in [0.717, 1.165) is 33.5 Å². The number of ether oxygens (including phenoxy) is 1. The van der Waals surface area contributed by atoms with Gasteiger partial charge in [0.2, 0.25) is 0 Å². The van der Waals surface area contributed by atoms with Crippen LogP contribution >= 0.6 is 0 Å². The van der Waals surface area contributed by atoms with Gasteiger partial charge in [-0.1, -0.05) is 30.3 Å². The molecular formula is C20H18N2O3. The van der Waals surface area contributed by atoms with E-state index in [1.807, 2.05) is 47.1 Å². The van der Waals surface area contributed by atoms with Crippen molar-refractivity contribution in [3.8, 4) is 17.1 Å². The van der Waals surface area contributed by atoms with Gasteiger partial charge in [0, 0.05) is 17.0 Å². The lowest BCUT2D eigenvalue weighted by atomic mass is 10.0. The van der Waals surface area contributed by atoms with Crippen LogP contribution in [0.4, 0.5) is 0 Å². The number of aliphatic hydroxyl groups is 1. The molecule has 0 aliphatic rings. The molecule has 4 aromatic rings. The maximum absolute atomic E-state index is 9.83. The molecule has 0 fully saturated rings. The van der Waals surface area contributed by atoms with Crippen LogP contribution in [0.2, 0.25) is 0 Å². The number of furan rings is 1. The molecule has 4 rings (SSSR count). The Hall–Kier alpha value is -3.05. The Balaban J connectivity index is 1.95. The van der Waals surface area contributed by atoms with Crippen molar-refractivity contribution in [3.63, 3.8) is 0 Å². The minimum Gasteiger partial charge on any atom is -0.497 e. The first-order valence-electron chi connectivity index (χ1n) is 8.06. The van der Waals surface area contributed by atoms with E-state index in [1.165, 1.54) is 0 Å². The van der Waals surface area contributed by atoms with Crippen LogP contribution in [0.3, 0.4) is 0 Å². The Bertz CT molecular complexity index is 989. The van der Waals surface area contributed by atoms with E-state index < -0.39 is 0 Å². The zero-order valence-corrected chi connectivity index (χ0v) is 13.8. The van der Waals surface area contributed by atoms with Crippen molar-refractivity contribution in [1.82, 2.24) is 9.78 Å². The summed E-state index contributed by atoms with van der Waals surface area (Å²) >= 11 is 0. The number of aliphatic hydroxyl groups excluding tert-OH is 1. The Labute approximate surface area is 145 Å². The van der Waals surface area contributed by atoms with Crippen LogP contribution in [-0.4, -0.2) is 22.0 Å². The number of aromatic nitrogens is 2. The summed E-state index contributed by atoms with van der Waals surface area (Å²) in [5.41, 5.74) is 3.53. The van der Waals surface area contributed by atoms with Crippen LogP contribution in [0.25, 0.3) is 22.2 Å². The lowest BCUT2D eigenvalue weighted by molar-refractivity contribution is 0.277. The number of benzene rings is 2. The molecule has 126 valence electrons. The minimum absolute atomic E-state index is 0.141. The van der Waals surface area contributed by atoms with Crippen molar-refractivity contribution >= 4 is 10.9 Å². The minimum atomic E-state index is -0.141. The molecule has 25 heavy (non-hydrogen) atoms. The largest absolute Gasteiger partial charge is 0.497 e. The van der Waals surface area contributed by atoms with Gasteiger partial charge in [-0.3, -0.25) is 4.68 Å². The molecule has 0 amide bonds. The summed E-state index contributed by atoms with van der Waals surface area (Å²) in [7, 11) is 1.64. The van der Waals surface area contributed by atoms with Crippen molar-refractivity contribution < 1.29 is 14.3 Å². The second-order valence-corrected chi connectivity index (χ2v) is 5.79. The van der Waals surface area contributed by atoms with Gasteiger partial charge < -0.3 is 14.3 Å². The summed E-state index contributed by atoms with van der Waals surface area (Å²) in [6.45, 7) is 0.473. The van der Waals surface area contributed by atoms with Crippen LogP contribution in [0.15, 0.2) is 65.3 Å². The molecule has 0 bridgehead atoms. The van der Waals surface area contributed by atoms with Crippen molar-refractivity contribution in [2.45, 2.75) is 13.2 Å². The predicted octanol–water partition coefficient (Wildman–Crippen LogP) is 3.85. The molecule has 2 aromatic heterocycles. The third-order valence-electron chi connectivity index (χ3n) is 4.25. The molecule has 5 heteroatoms. The fourth-order valence-corrected chi connectivity index (χ4v) is 3.09. The molecule has 2 heterocycles.